The lowest BCUT2D eigenvalue weighted by Crippen LogP contribution is -2.39. The maximum absolute atomic E-state index is 7.16. The van der Waals surface area contributed by atoms with Crippen molar-refractivity contribution in [3.8, 4) is 33.4 Å². The van der Waals surface area contributed by atoms with Crippen LogP contribution in [0.1, 0.15) is 62.3 Å². The number of hydrogen-bond acceptors (Lipinski definition) is 4. The SMILES string of the molecule is CCCCCc1ccc(N2c3cc4c(oc5ccccc54)c(-c4ccc5c(c4Nc4ccc(C)cc4)-c4ccccc4C5(C)C)c3Bc3sc4ccccc4c32)c(-c2ccccc2)c1. The number of thiophene rings is 1. The Labute approximate surface area is 380 Å². The molecule has 0 atom stereocenters. The van der Waals surface area contributed by atoms with E-state index in [9.17, 15) is 0 Å². The van der Waals surface area contributed by atoms with Crippen molar-refractivity contribution in [3.05, 3.63) is 186 Å². The Hall–Kier alpha value is -6.82. The van der Waals surface area contributed by atoms with E-state index in [4.69, 9.17) is 4.42 Å². The van der Waals surface area contributed by atoms with Crippen molar-refractivity contribution in [2.24, 2.45) is 0 Å². The molecular formula is C59H49BN2OS. The molecule has 5 heteroatoms. The molecule has 1 aliphatic carbocycles. The second-order valence-corrected chi connectivity index (χ2v) is 19.5. The molecule has 12 rings (SSSR count). The van der Waals surface area contributed by atoms with Gasteiger partial charge in [-0.25, -0.2) is 0 Å². The lowest BCUT2D eigenvalue weighted by atomic mass is 9.61. The summed E-state index contributed by atoms with van der Waals surface area (Å²) < 4.78 is 9.82. The molecule has 3 heterocycles. The number of aryl methyl sites for hydroxylation is 2. The molecule has 8 aromatic carbocycles. The van der Waals surface area contributed by atoms with E-state index in [2.05, 4.69) is 202 Å². The van der Waals surface area contributed by atoms with Crippen molar-refractivity contribution in [2.45, 2.75) is 58.8 Å². The van der Waals surface area contributed by atoms with Crippen molar-refractivity contribution >= 4 is 89.3 Å². The van der Waals surface area contributed by atoms with Crippen LogP contribution >= 0.6 is 11.3 Å². The van der Waals surface area contributed by atoms with Crippen LogP contribution in [0.3, 0.4) is 0 Å². The molecule has 0 amide bonds. The Morgan fingerprint density at radius 2 is 1.41 bits per heavy atom. The number of nitrogens with zero attached hydrogens (tertiary/aromatic N) is 1. The first-order chi connectivity index (χ1) is 31.4. The third kappa shape index (κ3) is 6.08. The fraction of sp³-hybridized carbons (Fsp3) is 0.153. The van der Waals surface area contributed by atoms with Gasteiger partial charge in [0.2, 0.25) is 7.28 Å². The van der Waals surface area contributed by atoms with Crippen LogP contribution < -0.4 is 20.5 Å². The van der Waals surface area contributed by atoms with Crippen LogP contribution in [-0.4, -0.2) is 7.28 Å². The van der Waals surface area contributed by atoms with E-state index in [0.29, 0.717) is 0 Å². The molecule has 0 unspecified atom stereocenters. The Morgan fingerprint density at radius 1 is 0.641 bits per heavy atom. The van der Waals surface area contributed by atoms with Gasteiger partial charge in [-0.05, 0) is 100 Å². The van der Waals surface area contributed by atoms with E-state index in [0.717, 1.165) is 58.1 Å². The number of hydrogen-bond donors (Lipinski definition) is 1. The highest BCUT2D eigenvalue weighted by molar-refractivity contribution is 7.29. The van der Waals surface area contributed by atoms with Gasteiger partial charge in [-0.3, -0.25) is 0 Å². The minimum atomic E-state index is -0.168. The van der Waals surface area contributed by atoms with Gasteiger partial charge in [0.05, 0.1) is 17.1 Å². The molecule has 0 radical (unpaired) electrons. The van der Waals surface area contributed by atoms with Gasteiger partial charge in [-0.2, -0.15) is 0 Å². The zero-order valence-electron chi connectivity index (χ0n) is 36.9. The summed E-state index contributed by atoms with van der Waals surface area (Å²) in [7, 11) is 0.780. The summed E-state index contributed by atoms with van der Waals surface area (Å²) in [6.07, 6.45) is 4.69. The topological polar surface area (TPSA) is 28.4 Å². The van der Waals surface area contributed by atoms with Crippen LogP contribution in [-0.2, 0) is 11.8 Å². The van der Waals surface area contributed by atoms with Gasteiger partial charge in [0.25, 0.3) is 0 Å². The number of rotatable bonds is 9. The number of nitrogens with one attached hydrogen (secondary N) is 1. The molecule has 3 nitrogen and oxygen atoms in total. The monoisotopic (exact) mass is 844 g/mol. The smallest absolute Gasteiger partial charge is 0.211 e. The highest BCUT2D eigenvalue weighted by Gasteiger charge is 2.40. The lowest BCUT2D eigenvalue weighted by Gasteiger charge is -2.35. The van der Waals surface area contributed by atoms with Crippen molar-refractivity contribution in [3.63, 3.8) is 0 Å². The lowest BCUT2D eigenvalue weighted by molar-refractivity contribution is 0.660. The molecule has 2 aliphatic rings. The number of fused-ring (bicyclic) bond motifs is 10. The van der Waals surface area contributed by atoms with E-state index < -0.39 is 0 Å². The number of unbranched alkanes of at least 4 members (excludes halogenated alkanes) is 2. The Balaban J connectivity index is 1.20. The van der Waals surface area contributed by atoms with Crippen LogP contribution in [0.5, 0.6) is 0 Å². The van der Waals surface area contributed by atoms with Gasteiger partial charge in [-0.15, -0.1) is 11.3 Å². The van der Waals surface area contributed by atoms with Crippen LogP contribution in [0, 0.1) is 6.92 Å². The molecule has 0 saturated carbocycles. The number of furan rings is 1. The Bertz CT molecular complexity index is 3450. The fourth-order valence-electron chi connectivity index (χ4n) is 10.8. The van der Waals surface area contributed by atoms with Crippen molar-refractivity contribution in [2.75, 3.05) is 10.2 Å². The highest BCUT2D eigenvalue weighted by Crippen LogP contribution is 2.56. The van der Waals surface area contributed by atoms with Gasteiger partial charge in [0.1, 0.15) is 11.2 Å². The summed E-state index contributed by atoms with van der Waals surface area (Å²) in [5.74, 6) is 0. The molecule has 0 fully saturated rings. The maximum atomic E-state index is 7.16. The molecular weight excluding hydrogens is 796 g/mol. The molecule has 2 aromatic heterocycles. The summed E-state index contributed by atoms with van der Waals surface area (Å²) in [5, 5.41) is 7.60. The first-order valence-corrected chi connectivity index (χ1v) is 23.8. The normalized spacial score (nSPS) is 13.5. The van der Waals surface area contributed by atoms with Crippen molar-refractivity contribution in [1.82, 2.24) is 0 Å². The largest absolute Gasteiger partial charge is 0.455 e. The molecule has 1 N–H and O–H groups in total. The van der Waals surface area contributed by atoms with Crippen LogP contribution in [0.2, 0.25) is 0 Å². The Kier molecular flexibility index (Phi) is 9.21. The summed E-state index contributed by atoms with van der Waals surface area (Å²) >= 11 is 1.93. The number of para-hydroxylation sites is 1. The summed E-state index contributed by atoms with van der Waals surface area (Å²) in [5.41, 5.74) is 21.4. The summed E-state index contributed by atoms with van der Waals surface area (Å²) in [6, 6.07) is 60.9. The van der Waals surface area contributed by atoms with Crippen molar-refractivity contribution < 1.29 is 4.42 Å². The minimum absolute atomic E-state index is 0.168. The number of anilines is 5. The quantitative estimate of drug-likeness (QED) is 0.116. The zero-order valence-corrected chi connectivity index (χ0v) is 37.7. The molecule has 0 bridgehead atoms. The predicted octanol–water partition coefficient (Wildman–Crippen LogP) is 15.4. The third-order valence-corrected chi connectivity index (χ3v) is 15.1. The van der Waals surface area contributed by atoms with Gasteiger partial charge in [0, 0.05) is 59.9 Å². The van der Waals surface area contributed by atoms with Crippen molar-refractivity contribution in [1.29, 1.82) is 0 Å². The van der Waals surface area contributed by atoms with E-state index in [1.165, 1.54) is 101 Å². The van der Waals surface area contributed by atoms with Gasteiger partial charge < -0.3 is 14.6 Å². The molecule has 310 valence electrons. The standard InChI is InChI=1S/C59H49BN2OS/c1-5-6-8-17-37-28-33-48(44(34-37)38-18-9-7-10-19-38)62-49-35-45-40-20-12-15-24-50(40)63-57(45)53(54(49)60-58-56(62)42-22-13-16-25-51(42)64-58)43-31-32-47-52(41-21-11-14-23-46(41)59(47,3)4)55(43)61-39-29-26-36(2)27-30-39/h7,9-16,18-35,60-61H,5-6,8,17H2,1-4H3. The van der Waals surface area contributed by atoms with Crippen LogP contribution in [0.15, 0.2) is 168 Å². The third-order valence-electron chi connectivity index (χ3n) is 14.0. The van der Waals surface area contributed by atoms with Gasteiger partial charge in [0.15, 0.2) is 0 Å². The fourth-order valence-corrected chi connectivity index (χ4v) is 12.0. The maximum Gasteiger partial charge on any atom is 0.211 e. The molecule has 64 heavy (non-hydrogen) atoms. The summed E-state index contributed by atoms with van der Waals surface area (Å²) in [4.78, 5) is 2.62. The second-order valence-electron chi connectivity index (χ2n) is 18.4. The molecule has 0 saturated heterocycles. The van der Waals surface area contributed by atoms with E-state index in [1.54, 1.807) is 0 Å². The molecule has 0 spiro atoms. The first kappa shape index (κ1) is 38.8. The molecule has 1 aliphatic heterocycles. The summed E-state index contributed by atoms with van der Waals surface area (Å²) in [6.45, 7) is 9.18. The van der Waals surface area contributed by atoms with Crippen LogP contribution in [0.25, 0.3) is 65.4 Å². The van der Waals surface area contributed by atoms with E-state index in [-0.39, 0.29) is 5.41 Å². The molecule has 10 aromatic rings. The zero-order chi connectivity index (χ0) is 43.1. The van der Waals surface area contributed by atoms with Crippen LogP contribution in [0.4, 0.5) is 28.4 Å². The average Bonchev–Trinajstić information content (AvgIpc) is 3.96. The van der Waals surface area contributed by atoms with Gasteiger partial charge >= 0.3 is 0 Å². The first-order valence-electron chi connectivity index (χ1n) is 22.9. The predicted molar refractivity (Wildman–Crippen MR) is 276 cm³/mol. The van der Waals surface area contributed by atoms with E-state index in [1.807, 2.05) is 11.3 Å². The highest BCUT2D eigenvalue weighted by atomic mass is 32.1. The average molecular weight is 845 g/mol. The second kappa shape index (κ2) is 15.2. The Morgan fingerprint density at radius 3 is 2.25 bits per heavy atom. The minimum Gasteiger partial charge on any atom is -0.455 e. The van der Waals surface area contributed by atoms with Gasteiger partial charge in [-0.1, -0.05) is 161 Å². The van der Waals surface area contributed by atoms with E-state index >= 15 is 0 Å². The number of benzene rings is 8.